The van der Waals surface area contributed by atoms with Crippen molar-refractivity contribution in [3.05, 3.63) is 33.8 Å². The average Bonchev–Trinajstić information content (AvgIpc) is 2.26. The van der Waals surface area contributed by atoms with Gasteiger partial charge in [0.25, 0.3) is 0 Å². The van der Waals surface area contributed by atoms with E-state index in [2.05, 4.69) is 68.7 Å². The zero-order valence-corrected chi connectivity index (χ0v) is 11.8. The highest BCUT2D eigenvalue weighted by Gasteiger charge is 2.48. The van der Waals surface area contributed by atoms with Crippen LogP contribution in [-0.2, 0) is 10.8 Å². The van der Waals surface area contributed by atoms with Gasteiger partial charge in [0.05, 0.1) is 0 Å². The third-order valence-electron chi connectivity index (χ3n) is 4.54. The maximum absolute atomic E-state index is 3.57. The molecule has 0 heterocycles. The summed E-state index contributed by atoms with van der Waals surface area (Å²) in [6.45, 7) is 11.8. The predicted molar refractivity (Wildman–Crippen MR) is 69.4 cm³/mol. The lowest BCUT2D eigenvalue weighted by molar-refractivity contribution is 0.264. The normalized spacial score (nSPS) is 26.4. The highest BCUT2D eigenvalue weighted by atomic mass is 79.9. The van der Waals surface area contributed by atoms with Gasteiger partial charge in [0.15, 0.2) is 0 Å². The van der Waals surface area contributed by atoms with Crippen molar-refractivity contribution in [3.8, 4) is 0 Å². The molecule has 0 N–H and O–H groups in total. The number of fused-ring (bicyclic) bond motifs is 1. The fourth-order valence-corrected chi connectivity index (χ4v) is 3.34. The smallest absolute Gasteiger partial charge is 0.0178 e. The van der Waals surface area contributed by atoms with Gasteiger partial charge in [-0.05, 0) is 40.0 Å². The molecule has 1 heteroatoms. The molecule has 0 aliphatic heterocycles. The van der Waals surface area contributed by atoms with Crippen LogP contribution in [0.1, 0.15) is 45.7 Å². The second-order valence-corrected chi connectivity index (χ2v) is 6.77. The van der Waals surface area contributed by atoms with Crippen LogP contribution in [0.2, 0.25) is 0 Å². The number of halogens is 1. The topological polar surface area (TPSA) is 0 Å². The Hall–Kier alpha value is -0.300. The van der Waals surface area contributed by atoms with Gasteiger partial charge in [-0.3, -0.25) is 0 Å². The van der Waals surface area contributed by atoms with Crippen molar-refractivity contribution in [3.63, 3.8) is 0 Å². The minimum Gasteiger partial charge on any atom is -0.0608 e. The van der Waals surface area contributed by atoms with Gasteiger partial charge in [0.1, 0.15) is 0 Å². The molecule has 2 rings (SSSR count). The van der Waals surface area contributed by atoms with Crippen LogP contribution in [0.5, 0.6) is 0 Å². The predicted octanol–water partition coefficient (Wildman–Crippen LogP) is 4.65. The monoisotopic (exact) mass is 266 g/mol. The second-order valence-electron chi connectivity index (χ2n) is 5.85. The lowest BCUT2D eigenvalue weighted by Gasteiger charge is -2.32. The molecule has 0 aromatic heterocycles. The second kappa shape index (κ2) is 3.10. The number of hydrogen-bond acceptors (Lipinski definition) is 0. The first-order valence-electron chi connectivity index (χ1n) is 5.58. The van der Waals surface area contributed by atoms with E-state index in [-0.39, 0.29) is 5.41 Å². The highest BCUT2D eigenvalue weighted by molar-refractivity contribution is 9.10. The van der Waals surface area contributed by atoms with Crippen molar-refractivity contribution in [1.29, 1.82) is 0 Å². The van der Waals surface area contributed by atoms with Gasteiger partial charge >= 0.3 is 0 Å². The van der Waals surface area contributed by atoms with E-state index >= 15 is 0 Å². The minimum atomic E-state index is 0.280. The van der Waals surface area contributed by atoms with Gasteiger partial charge in [-0.2, -0.15) is 0 Å². The Morgan fingerprint density at radius 3 is 2.13 bits per heavy atom. The third-order valence-corrected chi connectivity index (χ3v) is 5.03. The van der Waals surface area contributed by atoms with Crippen LogP contribution in [0.15, 0.2) is 22.7 Å². The first kappa shape index (κ1) is 11.2. The summed E-state index contributed by atoms with van der Waals surface area (Å²) < 4.78 is 1.19. The summed E-state index contributed by atoms with van der Waals surface area (Å²) in [5.74, 6) is 0.675. The molecule has 0 bridgehead atoms. The van der Waals surface area contributed by atoms with Crippen molar-refractivity contribution < 1.29 is 0 Å². The van der Waals surface area contributed by atoms with Crippen LogP contribution >= 0.6 is 15.9 Å². The van der Waals surface area contributed by atoms with Gasteiger partial charge < -0.3 is 0 Å². The summed E-state index contributed by atoms with van der Waals surface area (Å²) in [4.78, 5) is 0. The SMILES string of the molecule is CC1C(C)(C)c2ccc(Br)cc2C1(C)C. The van der Waals surface area contributed by atoms with E-state index in [1.165, 1.54) is 15.6 Å². The van der Waals surface area contributed by atoms with E-state index in [0.717, 1.165) is 0 Å². The van der Waals surface area contributed by atoms with Crippen LogP contribution in [0.3, 0.4) is 0 Å². The molecule has 1 aromatic carbocycles. The molecule has 1 aliphatic rings. The average molecular weight is 267 g/mol. The largest absolute Gasteiger partial charge is 0.0608 e. The molecule has 0 saturated carbocycles. The van der Waals surface area contributed by atoms with Gasteiger partial charge in [-0.15, -0.1) is 0 Å². The van der Waals surface area contributed by atoms with E-state index in [1.54, 1.807) is 0 Å². The number of hydrogen-bond donors (Lipinski definition) is 0. The Bertz CT molecular complexity index is 402. The summed E-state index contributed by atoms with van der Waals surface area (Å²) in [5, 5.41) is 0. The summed E-state index contributed by atoms with van der Waals surface area (Å²) in [6.07, 6.45) is 0. The summed E-state index contributed by atoms with van der Waals surface area (Å²) in [7, 11) is 0. The first-order chi connectivity index (χ1) is 6.78. The fraction of sp³-hybridized carbons (Fsp3) is 0.571. The van der Waals surface area contributed by atoms with Crippen LogP contribution in [-0.4, -0.2) is 0 Å². The van der Waals surface area contributed by atoms with Crippen molar-refractivity contribution in [2.45, 2.75) is 45.4 Å². The van der Waals surface area contributed by atoms with Gasteiger partial charge in [-0.25, -0.2) is 0 Å². The van der Waals surface area contributed by atoms with Gasteiger partial charge in [-0.1, -0.05) is 56.6 Å². The molecule has 1 aliphatic carbocycles. The van der Waals surface area contributed by atoms with E-state index in [9.17, 15) is 0 Å². The molecule has 0 spiro atoms. The number of rotatable bonds is 0. The molecule has 82 valence electrons. The lowest BCUT2D eigenvalue weighted by atomic mass is 9.71. The molecule has 1 aromatic rings. The zero-order valence-electron chi connectivity index (χ0n) is 10.2. The standard InChI is InChI=1S/C14H19Br/c1-9-13(2,3)11-7-6-10(15)8-12(11)14(9,4)5/h6-9H,1-5H3. The maximum atomic E-state index is 3.57. The molecule has 0 radical (unpaired) electrons. The molecule has 1 unspecified atom stereocenters. The van der Waals surface area contributed by atoms with Crippen molar-refractivity contribution in [2.24, 2.45) is 5.92 Å². The third kappa shape index (κ3) is 1.39. The molecule has 0 nitrogen and oxygen atoms in total. The summed E-state index contributed by atoms with van der Waals surface area (Å²) in [5.41, 5.74) is 3.60. The van der Waals surface area contributed by atoms with Crippen molar-refractivity contribution >= 4 is 15.9 Å². The Morgan fingerprint density at radius 2 is 1.53 bits per heavy atom. The van der Waals surface area contributed by atoms with Crippen LogP contribution < -0.4 is 0 Å². The van der Waals surface area contributed by atoms with E-state index in [4.69, 9.17) is 0 Å². The molecule has 0 saturated heterocycles. The van der Waals surface area contributed by atoms with Crippen molar-refractivity contribution in [1.82, 2.24) is 0 Å². The van der Waals surface area contributed by atoms with E-state index < -0.39 is 0 Å². The van der Waals surface area contributed by atoms with Crippen LogP contribution in [0.4, 0.5) is 0 Å². The molecular weight excluding hydrogens is 248 g/mol. The number of benzene rings is 1. The Morgan fingerprint density at radius 1 is 1.00 bits per heavy atom. The van der Waals surface area contributed by atoms with Crippen molar-refractivity contribution in [2.75, 3.05) is 0 Å². The van der Waals surface area contributed by atoms with Gasteiger partial charge in [0, 0.05) is 4.47 Å². The molecule has 15 heavy (non-hydrogen) atoms. The lowest BCUT2D eigenvalue weighted by Crippen LogP contribution is -2.30. The Balaban J connectivity index is 2.71. The Labute approximate surface area is 101 Å². The van der Waals surface area contributed by atoms with E-state index in [0.29, 0.717) is 11.3 Å². The van der Waals surface area contributed by atoms with Gasteiger partial charge in [0.2, 0.25) is 0 Å². The molecule has 0 amide bonds. The zero-order chi connectivity index (χ0) is 11.4. The van der Waals surface area contributed by atoms with Crippen LogP contribution in [0.25, 0.3) is 0 Å². The summed E-state index contributed by atoms with van der Waals surface area (Å²) in [6, 6.07) is 6.74. The molecule has 0 fully saturated rings. The minimum absolute atomic E-state index is 0.280. The quantitative estimate of drug-likeness (QED) is 0.641. The first-order valence-corrected chi connectivity index (χ1v) is 6.37. The molecular formula is C14H19Br. The molecule has 1 atom stereocenters. The van der Waals surface area contributed by atoms with Crippen LogP contribution in [0, 0.1) is 5.92 Å². The highest BCUT2D eigenvalue weighted by Crippen LogP contribution is 2.53. The summed E-state index contributed by atoms with van der Waals surface area (Å²) >= 11 is 3.57. The Kier molecular flexibility index (Phi) is 2.31. The van der Waals surface area contributed by atoms with E-state index in [1.807, 2.05) is 0 Å². The maximum Gasteiger partial charge on any atom is 0.0178 e. The fourth-order valence-electron chi connectivity index (χ4n) is 2.98.